The van der Waals surface area contributed by atoms with Crippen molar-refractivity contribution in [2.75, 3.05) is 31.4 Å². The monoisotopic (exact) mass is 527 g/mol. The number of hydrogen-bond donors (Lipinski definition) is 2. The Morgan fingerprint density at radius 3 is 2.44 bits per heavy atom. The average Bonchev–Trinajstić information content (AvgIpc) is 3.43. The van der Waals surface area contributed by atoms with Gasteiger partial charge in [0.2, 0.25) is 5.91 Å². The van der Waals surface area contributed by atoms with Gasteiger partial charge in [0, 0.05) is 12.2 Å². The number of nitrogens with zero attached hydrogens (tertiary/aromatic N) is 1. The maximum absolute atomic E-state index is 13.2. The van der Waals surface area contributed by atoms with E-state index in [2.05, 4.69) is 10.6 Å². The molecule has 1 aliphatic rings. The van der Waals surface area contributed by atoms with Crippen molar-refractivity contribution in [3.8, 4) is 5.75 Å². The first-order valence-electron chi connectivity index (χ1n) is 12.8. The summed E-state index contributed by atoms with van der Waals surface area (Å²) in [5.41, 5.74) is 4.44. The molecule has 0 aromatic heterocycles. The summed E-state index contributed by atoms with van der Waals surface area (Å²) in [7, 11) is 2.89. The highest BCUT2D eigenvalue weighted by atomic mass is 16.5. The van der Waals surface area contributed by atoms with Gasteiger partial charge in [-0.2, -0.15) is 0 Å². The van der Waals surface area contributed by atoms with Crippen LogP contribution in [0.15, 0.2) is 72.8 Å². The van der Waals surface area contributed by atoms with Gasteiger partial charge in [0.15, 0.2) is 0 Å². The van der Waals surface area contributed by atoms with Crippen LogP contribution in [0.25, 0.3) is 6.08 Å². The summed E-state index contributed by atoms with van der Waals surface area (Å²) in [6, 6.07) is 19.7. The molecule has 3 aromatic rings. The Morgan fingerprint density at radius 1 is 0.974 bits per heavy atom. The summed E-state index contributed by atoms with van der Waals surface area (Å²) in [6.07, 6.45) is 6.07. The number of likely N-dealkylation sites (tertiary alicyclic amines) is 1. The highest BCUT2D eigenvalue weighted by Gasteiger charge is 2.27. The second-order valence-electron chi connectivity index (χ2n) is 9.37. The molecule has 8 nitrogen and oxygen atoms in total. The van der Waals surface area contributed by atoms with Gasteiger partial charge in [-0.15, -0.1) is 0 Å². The minimum atomic E-state index is -0.377. The Bertz CT molecular complexity index is 1370. The predicted octanol–water partition coefficient (Wildman–Crippen LogP) is 5.68. The third kappa shape index (κ3) is 7.04. The van der Waals surface area contributed by atoms with Crippen molar-refractivity contribution in [3.63, 3.8) is 0 Å². The number of nitrogens with one attached hydrogen (secondary N) is 2. The topological polar surface area (TPSA) is 97.0 Å². The normalized spacial score (nSPS) is 14.7. The molecule has 3 amide bonds. The molecular weight excluding hydrogens is 494 g/mol. The Kier molecular flexibility index (Phi) is 8.99. The number of hydrogen-bond acceptors (Lipinski definition) is 5. The smallest absolute Gasteiger partial charge is 0.337 e. The van der Waals surface area contributed by atoms with Gasteiger partial charge in [0.05, 0.1) is 37.9 Å². The Labute approximate surface area is 228 Å². The molecule has 8 heteroatoms. The maximum atomic E-state index is 13.2. The fourth-order valence-corrected chi connectivity index (χ4v) is 4.59. The molecule has 39 heavy (non-hydrogen) atoms. The molecule has 202 valence electrons. The van der Waals surface area contributed by atoms with Crippen LogP contribution in [0.5, 0.6) is 5.75 Å². The molecule has 1 unspecified atom stereocenters. The highest BCUT2D eigenvalue weighted by molar-refractivity contribution is 6.01. The maximum Gasteiger partial charge on any atom is 0.337 e. The van der Waals surface area contributed by atoms with E-state index in [1.807, 2.05) is 66.4 Å². The molecule has 0 spiro atoms. The fraction of sp³-hybridized carbons (Fsp3) is 0.258. The number of esters is 1. The molecule has 0 bridgehead atoms. The van der Waals surface area contributed by atoms with Crippen LogP contribution >= 0.6 is 0 Å². The summed E-state index contributed by atoms with van der Waals surface area (Å²) >= 11 is 0. The van der Waals surface area contributed by atoms with E-state index in [4.69, 9.17) is 9.47 Å². The molecule has 0 radical (unpaired) electrons. The van der Waals surface area contributed by atoms with Crippen LogP contribution in [0.2, 0.25) is 0 Å². The molecule has 2 N–H and O–H groups in total. The van der Waals surface area contributed by atoms with Gasteiger partial charge in [0.25, 0.3) is 0 Å². The highest BCUT2D eigenvalue weighted by Crippen LogP contribution is 2.28. The minimum absolute atomic E-state index is 0.00533. The first kappa shape index (κ1) is 27.4. The first-order valence-corrected chi connectivity index (χ1v) is 12.8. The van der Waals surface area contributed by atoms with Gasteiger partial charge in [-0.25, -0.2) is 9.59 Å². The number of ether oxygens (including phenoxy) is 2. The molecule has 1 saturated heterocycles. The van der Waals surface area contributed by atoms with Crippen LogP contribution in [0, 0.1) is 6.92 Å². The molecule has 4 rings (SSSR count). The van der Waals surface area contributed by atoms with E-state index in [1.54, 1.807) is 24.3 Å². The van der Waals surface area contributed by atoms with Crippen LogP contribution in [-0.4, -0.2) is 49.6 Å². The third-order valence-electron chi connectivity index (χ3n) is 6.72. The van der Waals surface area contributed by atoms with E-state index in [-0.39, 0.29) is 30.4 Å². The van der Waals surface area contributed by atoms with Crippen molar-refractivity contribution in [1.29, 1.82) is 0 Å². The molecule has 1 fully saturated rings. The largest absolute Gasteiger partial charge is 0.495 e. The summed E-state index contributed by atoms with van der Waals surface area (Å²) in [5, 5.41) is 5.66. The van der Waals surface area contributed by atoms with Crippen LogP contribution in [0.1, 0.15) is 39.9 Å². The Hall–Kier alpha value is -4.59. The molecule has 1 heterocycles. The van der Waals surface area contributed by atoms with Gasteiger partial charge < -0.3 is 25.0 Å². The number of rotatable bonds is 8. The van der Waals surface area contributed by atoms with Gasteiger partial charge in [0.1, 0.15) is 5.75 Å². The lowest BCUT2D eigenvalue weighted by Gasteiger charge is -2.22. The average molecular weight is 528 g/mol. The lowest BCUT2D eigenvalue weighted by atomic mass is 10.1. The van der Waals surface area contributed by atoms with Crippen molar-refractivity contribution in [3.05, 3.63) is 95.1 Å². The quantitative estimate of drug-likeness (QED) is 0.367. The van der Waals surface area contributed by atoms with Crippen LogP contribution in [0.4, 0.5) is 16.2 Å². The molecule has 1 atom stereocenters. The summed E-state index contributed by atoms with van der Waals surface area (Å²) < 4.78 is 10.2. The third-order valence-corrected chi connectivity index (χ3v) is 6.72. The SMILES string of the molecule is COC(=O)c1ccc(C=CC2CCCN2C(=O)Cc2ccc(NC(=O)Nc3ccccc3C)c(OC)c2)cc1. The number of amides is 3. The van der Waals surface area contributed by atoms with Crippen molar-refractivity contribution in [2.45, 2.75) is 32.2 Å². The van der Waals surface area contributed by atoms with Crippen LogP contribution in [-0.2, 0) is 16.0 Å². The van der Waals surface area contributed by atoms with E-state index >= 15 is 0 Å². The number of carbonyl (C=O) groups is 3. The van der Waals surface area contributed by atoms with Gasteiger partial charge in [-0.1, -0.05) is 48.6 Å². The van der Waals surface area contributed by atoms with E-state index < -0.39 is 0 Å². The number of urea groups is 1. The summed E-state index contributed by atoms with van der Waals surface area (Å²) in [6.45, 7) is 2.62. The zero-order chi connectivity index (χ0) is 27.8. The van der Waals surface area contributed by atoms with Crippen molar-refractivity contribution in [1.82, 2.24) is 4.90 Å². The number of methoxy groups -OCH3 is 2. The fourth-order valence-electron chi connectivity index (χ4n) is 4.59. The second kappa shape index (κ2) is 12.8. The molecule has 0 aliphatic carbocycles. The minimum Gasteiger partial charge on any atom is -0.495 e. The van der Waals surface area contributed by atoms with Crippen LogP contribution < -0.4 is 15.4 Å². The second-order valence-corrected chi connectivity index (χ2v) is 9.37. The van der Waals surface area contributed by atoms with E-state index in [0.717, 1.165) is 35.2 Å². The van der Waals surface area contributed by atoms with Gasteiger partial charge >= 0.3 is 12.0 Å². The van der Waals surface area contributed by atoms with Crippen molar-refractivity contribution in [2.24, 2.45) is 0 Å². The van der Waals surface area contributed by atoms with E-state index in [0.29, 0.717) is 23.5 Å². The molecule has 0 saturated carbocycles. The summed E-state index contributed by atoms with van der Waals surface area (Å²) in [4.78, 5) is 39.3. The zero-order valence-electron chi connectivity index (χ0n) is 22.4. The van der Waals surface area contributed by atoms with Crippen molar-refractivity contribution < 1.29 is 23.9 Å². The molecule has 3 aromatic carbocycles. The molecular formula is C31H33N3O5. The number of para-hydroxylation sites is 1. The lowest BCUT2D eigenvalue weighted by molar-refractivity contribution is -0.130. The van der Waals surface area contributed by atoms with E-state index in [1.165, 1.54) is 14.2 Å². The van der Waals surface area contributed by atoms with Crippen LogP contribution in [0.3, 0.4) is 0 Å². The number of carbonyl (C=O) groups excluding carboxylic acids is 3. The number of anilines is 2. The number of benzene rings is 3. The predicted molar refractivity (Wildman–Crippen MR) is 152 cm³/mol. The summed E-state index contributed by atoms with van der Waals surface area (Å²) in [5.74, 6) is 0.140. The Morgan fingerprint density at radius 2 is 1.72 bits per heavy atom. The number of aryl methyl sites for hydroxylation is 1. The van der Waals surface area contributed by atoms with Crippen molar-refractivity contribution >= 4 is 35.4 Å². The standard InChI is InChI=1S/C31H33N3O5/c1-21-7-4-5-9-26(21)32-31(37)33-27-17-13-23(19-28(27)38-2)20-29(35)34-18-6-8-25(34)16-12-22-10-14-24(15-11-22)30(36)39-3/h4-5,7,9-17,19,25H,6,8,18,20H2,1-3H3,(H2,32,33,37). The Balaban J connectivity index is 1.37. The first-order chi connectivity index (χ1) is 18.9. The van der Waals surface area contributed by atoms with Gasteiger partial charge in [-0.05, 0) is 66.8 Å². The van der Waals surface area contributed by atoms with Gasteiger partial charge in [-0.3, -0.25) is 4.79 Å². The zero-order valence-corrected chi connectivity index (χ0v) is 22.4. The molecule has 1 aliphatic heterocycles. The lowest BCUT2D eigenvalue weighted by Crippen LogP contribution is -2.35. The van der Waals surface area contributed by atoms with E-state index in [9.17, 15) is 14.4 Å².